The van der Waals surface area contributed by atoms with Gasteiger partial charge in [-0.15, -0.1) is 0 Å². The van der Waals surface area contributed by atoms with E-state index in [-0.39, 0.29) is 17.5 Å². The van der Waals surface area contributed by atoms with E-state index in [2.05, 4.69) is 10.3 Å². The van der Waals surface area contributed by atoms with Gasteiger partial charge in [0.05, 0.1) is 0 Å². The first kappa shape index (κ1) is 14.6. The Labute approximate surface area is 129 Å². The largest absolute Gasteiger partial charge is 0.349 e. The highest BCUT2D eigenvalue weighted by Gasteiger charge is 2.25. The van der Waals surface area contributed by atoms with E-state index in [4.69, 9.17) is 0 Å². The number of hydrogen-bond acceptors (Lipinski definition) is 2. The molecule has 0 bridgehead atoms. The third-order valence-electron chi connectivity index (χ3n) is 4.41. The van der Waals surface area contributed by atoms with Crippen LogP contribution in [0.4, 0.5) is 0 Å². The van der Waals surface area contributed by atoms with Gasteiger partial charge in [-0.2, -0.15) is 0 Å². The van der Waals surface area contributed by atoms with Gasteiger partial charge in [-0.05, 0) is 37.3 Å². The molecule has 1 aliphatic rings. The highest BCUT2D eigenvalue weighted by molar-refractivity contribution is 5.95. The highest BCUT2D eigenvalue weighted by Crippen LogP contribution is 2.29. The van der Waals surface area contributed by atoms with Crippen molar-refractivity contribution in [2.75, 3.05) is 0 Å². The zero-order valence-corrected chi connectivity index (χ0v) is 12.6. The maximum Gasteiger partial charge on any atom is 0.251 e. The van der Waals surface area contributed by atoms with E-state index < -0.39 is 0 Å². The predicted octanol–water partition coefficient (Wildman–Crippen LogP) is 2.96. The van der Waals surface area contributed by atoms with Gasteiger partial charge in [-0.25, -0.2) is 0 Å². The second-order valence-corrected chi connectivity index (χ2v) is 5.97. The molecule has 4 nitrogen and oxygen atoms in total. The van der Waals surface area contributed by atoms with Crippen LogP contribution in [0.1, 0.15) is 36.5 Å². The molecule has 1 fully saturated rings. The van der Waals surface area contributed by atoms with Crippen LogP contribution < -0.4 is 10.9 Å². The molecule has 0 aliphatic heterocycles. The summed E-state index contributed by atoms with van der Waals surface area (Å²) in [5, 5.41) is 3.01. The molecule has 1 aliphatic carbocycles. The van der Waals surface area contributed by atoms with Crippen molar-refractivity contribution in [3.8, 4) is 11.3 Å². The lowest BCUT2D eigenvalue weighted by Crippen LogP contribution is -2.40. The molecule has 0 saturated heterocycles. The molecule has 1 aromatic carbocycles. The van der Waals surface area contributed by atoms with E-state index in [0.717, 1.165) is 5.56 Å². The van der Waals surface area contributed by atoms with Crippen LogP contribution in [0.2, 0.25) is 0 Å². The van der Waals surface area contributed by atoms with Gasteiger partial charge in [-0.1, -0.05) is 36.8 Å². The molecule has 0 radical (unpaired) electrons. The number of hydrogen-bond donors (Lipinski definition) is 2. The maximum absolute atomic E-state index is 12.4. The predicted molar refractivity (Wildman–Crippen MR) is 86.8 cm³/mol. The van der Waals surface area contributed by atoms with Crippen LogP contribution >= 0.6 is 0 Å². The third kappa shape index (κ3) is 3.11. The summed E-state index contributed by atoms with van der Waals surface area (Å²) < 4.78 is 0. The summed E-state index contributed by atoms with van der Waals surface area (Å²) in [5.41, 5.74) is 1.70. The van der Waals surface area contributed by atoms with Crippen LogP contribution in [0.25, 0.3) is 11.3 Å². The normalized spacial score (nSPS) is 15.9. The number of benzene rings is 1. The van der Waals surface area contributed by atoms with Crippen LogP contribution in [0.3, 0.4) is 0 Å². The number of aromatic amines is 1. The SMILES string of the molecule is C[C@@H](NC(=O)c1cc(-c2ccccc2)[nH]c(=O)c1)C1CCC1. The zero-order chi connectivity index (χ0) is 15.5. The number of rotatable bonds is 4. The summed E-state index contributed by atoms with van der Waals surface area (Å²) in [5.74, 6) is 0.391. The van der Waals surface area contributed by atoms with Crippen molar-refractivity contribution in [2.45, 2.75) is 32.2 Å². The van der Waals surface area contributed by atoms with Gasteiger partial charge in [-0.3, -0.25) is 9.59 Å². The molecule has 2 aromatic rings. The van der Waals surface area contributed by atoms with Crippen molar-refractivity contribution < 1.29 is 4.79 Å². The Morgan fingerprint density at radius 2 is 1.95 bits per heavy atom. The molecule has 0 unspecified atom stereocenters. The molecule has 1 aromatic heterocycles. The van der Waals surface area contributed by atoms with Gasteiger partial charge in [0.1, 0.15) is 0 Å². The quantitative estimate of drug-likeness (QED) is 0.911. The summed E-state index contributed by atoms with van der Waals surface area (Å²) in [4.78, 5) is 27.0. The van der Waals surface area contributed by atoms with E-state index >= 15 is 0 Å². The third-order valence-corrected chi connectivity index (χ3v) is 4.41. The first-order valence-electron chi connectivity index (χ1n) is 7.74. The van der Waals surface area contributed by atoms with Crippen molar-refractivity contribution >= 4 is 5.91 Å². The van der Waals surface area contributed by atoms with Crippen molar-refractivity contribution in [2.24, 2.45) is 5.92 Å². The average Bonchev–Trinajstić information content (AvgIpc) is 2.45. The Morgan fingerprint density at radius 1 is 1.23 bits per heavy atom. The average molecular weight is 296 g/mol. The molecule has 4 heteroatoms. The molecule has 1 atom stereocenters. The molecule has 0 spiro atoms. The molecule has 1 heterocycles. The highest BCUT2D eigenvalue weighted by atomic mass is 16.2. The molecule has 1 saturated carbocycles. The van der Waals surface area contributed by atoms with Gasteiger partial charge < -0.3 is 10.3 Å². The molecule has 1 amide bonds. The fraction of sp³-hybridized carbons (Fsp3) is 0.333. The van der Waals surface area contributed by atoms with Gasteiger partial charge in [0, 0.05) is 23.4 Å². The van der Waals surface area contributed by atoms with E-state index in [1.807, 2.05) is 37.3 Å². The molecule has 2 N–H and O–H groups in total. The Morgan fingerprint density at radius 3 is 2.59 bits per heavy atom. The Bertz CT molecular complexity index is 717. The first-order valence-corrected chi connectivity index (χ1v) is 7.74. The van der Waals surface area contributed by atoms with E-state index in [1.165, 1.54) is 25.3 Å². The number of H-pyrrole nitrogens is 1. The lowest BCUT2D eigenvalue weighted by atomic mass is 9.80. The standard InChI is InChI=1S/C18H20N2O2/c1-12(13-8-5-9-13)19-18(22)15-10-16(20-17(21)11-15)14-6-3-2-4-7-14/h2-4,6-7,10-13H,5,8-9H2,1H3,(H,19,22)(H,20,21)/t12-/m1/s1. The minimum atomic E-state index is -0.261. The summed E-state index contributed by atoms with van der Waals surface area (Å²) >= 11 is 0. The van der Waals surface area contributed by atoms with Crippen molar-refractivity contribution in [1.29, 1.82) is 0 Å². The Kier molecular flexibility index (Phi) is 4.09. The van der Waals surface area contributed by atoms with Gasteiger partial charge in [0.2, 0.25) is 5.56 Å². The van der Waals surface area contributed by atoms with Crippen molar-refractivity contribution in [1.82, 2.24) is 10.3 Å². The lowest BCUT2D eigenvalue weighted by Gasteiger charge is -2.31. The topological polar surface area (TPSA) is 62.0 Å². The Hall–Kier alpha value is -2.36. The van der Waals surface area contributed by atoms with E-state index in [0.29, 0.717) is 17.2 Å². The fourth-order valence-corrected chi connectivity index (χ4v) is 2.80. The number of carbonyl (C=O) groups is 1. The van der Waals surface area contributed by atoms with Gasteiger partial charge >= 0.3 is 0 Å². The summed E-state index contributed by atoms with van der Waals surface area (Å²) in [6.45, 7) is 2.03. The van der Waals surface area contributed by atoms with Crippen LogP contribution in [-0.2, 0) is 0 Å². The summed E-state index contributed by atoms with van der Waals surface area (Å²) in [6.07, 6.45) is 3.59. The number of pyridine rings is 1. The van der Waals surface area contributed by atoms with Gasteiger partial charge in [0.15, 0.2) is 0 Å². The lowest BCUT2D eigenvalue weighted by molar-refractivity contribution is 0.0909. The van der Waals surface area contributed by atoms with Crippen molar-refractivity contribution in [3.05, 3.63) is 58.4 Å². The van der Waals surface area contributed by atoms with Crippen LogP contribution in [0.15, 0.2) is 47.3 Å². The van der Waals surface area contributed by atoms with E-state index in [1.54, 1.807) is 6.07 Å². The molecular weight excluding hydrogens is 276 g/mol. The second-order valence-electron chi connectivity index (χ2n) is 5.97. The van der Waals surface area contributed by atoms with Crippen LogP contribution in [0, 0.1) is 5.92 Å². The zero-order valence-electron chi connectivity index (χ0n) is 12.6. The van der Waals surface area contributed by atoms with Gasteiger partial charge in [0.25, 0.3) is 5.91 Å². The van der Waals surface area contributed by atoms with Crippen molar-refractivity contribution in [3.63, 3.8) is 0 Å². The number of amides is 1. The molecule has 3 rings (SSSR count). The Balaban J connectivity index is 1.83. The fourth-order valence-electron chi connectivity index (χ4n) is 2.80. The minimum Gasteiger partial charge on any atom is -0.349 e. The minimum absolute atomic E-state index is 0.153. The maximum atomic E-state index is 12.4. The smallest absolute Gasteiger partial charge is 0.251 e. The number of carbonyl (C=O) groups excluding carboxylic acids is 1. The summed E-state index contributed by atoms with van der Waals surface area (Å²) in [7, 11) is 0. The van der Waals surface area contributed by atoms with Crippen LogP contribution in [0.5, 0.6) is 0 Å². The number of aromatic nitrogens is 1. The molecular formula is C18H20N2O2. The number of nitrogens with one attached hydrogen (secondary N) is 2. The second kappa shape index (κ2) is 6.18. The van der Waals surface area contributed by atoms with E-state index in [9.17, 15) is 9.59 Å². The molecule has 22 heavy (non-hydrogen) atoms. The monoisotopic (exact) mass is 296 g/mol. The summed E-state index contributed by atoms with van der Waals surface area (Å²) in [6, 6.07) is 12.8. The molecule has 114 valence electrons. The van der Waals surface area contributed by atoms with Crippen LogP contribution in [-0.4, -0.2) is 16.9 Å². The first-order chi connectivity index (χ1) is 10.6.